The summed E-state index contributed by atoms with van der Waals surface area (Å²) in [6.07, 6.45) is 1.26. The van der Waals surface area contributed by atoms with Crippen LogP contribution in [0.2, 0.25) is 0 Å². The van der Waals surface area contributed by atoms with Gasteiger partial charge >= 0.3 is 6.09 Å². The zero-order valence-electron chi connectivity index (χ0n) is 8.13. The number of benzene rings is 1. The molecule has 1 N–H and O–H groups in total. The van der Waals surface area contributed by atoms with Crippen LogP contribution < -0.4 is 0 Å². The number of rotatable bonds is 2. The lowest BCUT2D eigenvalue weighted by Gasteiger charge is -2.03. The summed E-state index contributed by atoms with van der Waals surface area (Å²) in [5.41, 5.74) is 1.90. The highest BCUT2D eigenvalue weighted by molar-refractivity contribution is 5.69. The minimum absolute atomic E-state index is 0.639. The molecule has 76 valence electrons. The first kappa shape index (κ1) is 9.52. The summed E-state index contributed by atoms with van der Waals surface area (Å²) in [6, 6.07) is 13.4. The lowest BCUT2D eigenvalue weighted by atomic mass is 10.1. The van der Waals surface area contributed by atoms with Crippen molar-refractivity contribution in [3.8, 4) is 0 Å². The quantitative estimate of drug-likeness (QED) is 0.811. The molecule has 0 spiro atoms. The average Bonchev–Trinajstić information content (AvgIpc) is 2.67. The smallest absolute Gasteiger partial charge is 0.415 e. The maximum atomic E-state index is 10.8. The SMILES string of the molecule is O=C(O)n1cccc1Cc1ccccc1. The standard InChI is InChI=1S/C12H11NO2/c14-12(15)13-8-4-7-11(13)9-10-5-2-1-3-6-10/h1-8H,9H2,(H,14,15). The van der Waals surface area contributed by atoms with Crippen LogP contribution in [0.5, 0.6) is 0 Å². The van der Waals surface area contributed by atoms with Crippen LogP contribution in [0, 0.1) is 0 Å². The molecule has 1 heterocycles. The van der Waals surface area contributed by atoms with E-state index in [1.165, 1.54) is 4.57 Å². The minimum atomic E-state index is -0.939. The van der Waals surface area contributed by atoms with Gasteiger partial charge in [0.2, 0.25) is 0 Å². The number of carboxylic acid groups (broad SMARTS) is 1. The first-order valence-electron chi connectivity index (χ1n) is 4.71. The van der Waals surface area contributed by atoms with E-state index in [1.54, 1.807) is 12.3 Å². The third-order valence-electron chi connectivity index (χ3n) is 2.27. The molecule has 3 heteroatoms. The van der Waals surface area contributed by atoms with Gasteiger partial charge in [-0.3, -0.25) is 4.57 Å². The largest absolute Gasteiger partial charge is 0.464 e. The van der Waals surface area contributed by atoms with Gasteiger partial charge in [0.1, 0.15) is 0 Å². The fourth-order valence-electron chi connectivity index (χ4n) is 1.55. The maximum absolute atomic E-state index is 10.8. The molecule has 0 fully saturated rings. The lowest BCUT2D eigenvalue weighted by Crippen LogP contribution is -2.10. The van der Waals surface area contributed by atoms with Gasteiger partial charge in [-0.05, 0) is 17.7 Å². The molecule has 15 heavy (non-hydrogen) atoms. The summed E-state index contributed by atoms with van der Waals surface area (Å²) >= 11 is 0. The highest BCUT2D eigenvalue weighted by Gasteiger charge is 2.06. The Kier molecular flexibility index (Phi) is 2.54. The number of nitrogens with zero attached hydrogens (tertiary/aromatic N) is 1. The van der Waals surface area contributed by atoms with Crippen molar-refractivity contribution in [2.24, 2.45) is 0 Å². The van der Waals surface area contributed by atoms with Crippen molar-refractivity contribution >= 4 is 6.09 Å². The summed E-state index contributed by atoms with van der Waals surface area (Å²) in [5.74, 6) is 0. The zero-order chi connectivity index (χ0) is 10.7. The highest BCUT2D eigenvalue weighted by Crippen LogP contribution is 2.09. The van der Waals surface area contributed by atoms with Crippen molar-refractivity contribution in [1.29, 1.82) is 0 Å². The Morgan fingerprint density at radius 2 is 1.87 bits per heavy atom. The Morgan fingerprint density at radius 1 is 1.13 bits per heavy atom. The summed E-state index contributed by atoms with van der Waals surface area (Å²) in [6.45, 7) is 0. The van der Waals surface area contributed by atoms with Gasteiger partial charge in [0.15, 0.2) is 0 Å². The molecule has 0 saturated heterocycles. The van der Waals surface area contributed by atoms with Crippen LogP contribution in [0.15, 0.2) is 48.7 Å². The van der Waals surface area contributed by atoms with Crippen molar-refractivity contribution in [1.82, 2.24) is 4.57 Å². The van der Waals surface area contributed by atoms with Crippen LogP contribution in [0.1, 0.15) is 11.3 Å². The molecular formula is C12H11NO2. The average molecular weight is 201 g/mol. The van der Waals surface area contributed by atoms with E-state index < -0.39 is 6.09 Å². The van der Waals surface area contributed by atoms with Gasteiger partial charge in [-0.2, -0.15) is 0 Å². The summed E-state index contributed by atoms with van der Waals surface area (Å²) in [7, 11) is 0. The molecule has 0 aliphatic rings. The topological polar surface area (TPSA) is 42.2 Å². The molecule has 0 radical (unpaired) electrons. The van der Waals surface area contributed by atoms with Crippen molar-refractivity contribution < 1.29 is 9.90 Å². The van der Waals surface area contributed by atoms with E-state index in [9.17, 15) is 4.79 Å². The molecule has 3 nitrogen and oxygen atoms in total. The third-order valence-corrected chi connectivity index (χ3v) is 2.27. The van der Waals surface area contributed by atoms with Crippen molar-refractivity contribution in [3.63, 3.8) is 0 Å². The lowest BCUT2D eigenvalue weighted by molar-refractivity contribution is 0.195. The van der Waals surface area contributed by atoms with Gasteiger partial charge in [-0.25, -0.2) is 4.79 Å². The second-order valence-electron chi connectivity index (χ2n) is 3.31. The molecule has 1 aromatic carbocycles. The van der Waals surface area contributed by atoms with Gasteiger partial charge in [-0.1, -0.05) is 30.3 Å². The van der Waals surface area contributed by atoms with E-state index in [4.69, 9.17) is 5.11 Å². The molecule has 1 aromatic heterocycles. The van der Waals surface area contributed by atoms with Gasteiger partial charge in [0.05, 0.1) is 0 Å². The summed E-state index contributed by atoms with van der Waals surface area (Å²) < 4.78 is 1.24. The van der Waals surface area contributed by atoms with E-state index in [2.05, 4.69) is 0 Å². The van der Waals surface area contributed by atoms with Crippen LogP contribution >= 0.6 is 0 Å². The van der Waals surface area contributed by atoms with Crippen molar-refractivity contribution in [3.05, 3.63) is 59.9 Å². The Morgan fingerprint density at radius 3 is 2.53 bits per heavy atom. The van der Waals surface area contributed by atoms with Gasteiger partial charge in [0.25, 0.3) is 0 Å². The number of hydrogen-bond acceptors (Lipinski definition) is 1. The van der Waals surface area contributed by atoms with Gasteiger partial charge < -0.3 is 5.11 Å². The highest BCUT2D eigenvalue weighted by atomic mass is 16.4. The van der Waals surface area contributed by atoms with Gasteiger partial charge in [0, 0.05) is 18.3 Å². The van der Waals surface area contributed by atoms with Crippen molar-refractivity contribution in [2.75, 3.05) is 0 Å². The molecule has 0 saturated carbocycles. The van der Waals surface area contributed by atoms with E-state index >= 15 is 0 Å². The van der Waals surface area contributed by atoms with Crippen LogP contribution in [-0.2, 0) is 6.42 Å². The third kappa shape index (κ3) is 2.07. The fourth-order valence-corrected chi connectivity index (χ4v) is 1.55. The zero-order valence-corrected chi connectivity index (χ0v) is 8.13. The number of carbonyl (C=O) groups is 1. The number of hydrogen-bond donors (Lipinski definition) is 1. The molecule has 0 bridgehead atoms. The summed E-state index contributed by atoms with van der Waals surface area (Å²) in [4.78, 5) is 10.8. The molecule has 2 rings (SSSR count). The van der Waals surface area contributed by atoms with Crippen LogP contribution in [0.4, 0.5) is 4.79 Å². The van der Waals surface area contributed by atoms with Gasteiger partial charge in [-0.15, -0.1) is 0 Å². The van der Waals surface area contributed by atoms with Crippen LogP contribution in [-0.4, -0.2) is 15.8 Å². The summed E-state index contributed by atoms with van der Waals surface area (Å²) in [5, 5.41) is 8.90. The molecule has 2 aromatic rings. The monoisotopic (exact) mass is 201 g/mol. The molecular weight excluding hydrogens is 190 g/mol. The van der Waals surface area contributed by atoms with Crippen LogP contribution in [0.25, 0.3) is 0 Å². The Labute approximate surface area is 87.6 Å². The fraction of sp³-hybridized carbons (Fsp3) is 0.0833. The Hall–Kier alpha value is -2.03. The van der Waals surface area contributed by atoms with E-state index in [1.807, 2.05) is 36.4 Å². The Bertz CT molecular complexity index is 459. The first-order valence-corrected chi connectivity index (χ1v) is 4.71. The minimum Gasteiger partial charge on any atom is -0.464 e. The van der Waals surface area contributed by atoms with Crippen molar-refractivity contribution in [2.45, 2.75) is 6.42 Å². The number of aromatic nitrogens is 1. The van der Waals surface area contributed by atoms with E-state index in [-0.39, 0.29) is 0 Å². The normalized spacial score (nSPS) is 10.1. The molecule has 0 amide bonds. The first-order chi connectivity index (χ1) is 7.27. The maximum Gasteiger partial charge on any atom is 0.415 e. The Balaban J connectivity index is 2.25. The molecule has 0 aliphatic carbocycles. The predicted molar refractivity (Wildman–Crippen MR) is 57.1 cm³/mol. The van der Waals surface area contributed by atoms with Crippen LogP contribution in [0.3, 0.4) is 0 Å². The molecule has 0 unspecified atom stereocenters. The second-order valence-corrected chi connectivity index (χ2v) is 3.31. The predicted octanol–water partition coefficient (Wildman–Crippen LogP) is 2.61. The second kappa shape index (κ2) is 4.00. The van der Waals surface area contributed by atoms with E-state index in [0.29, 0.717) is 6.42 Å². The molecule has 0 aliphatic heterocycles. The van der Waals surface area contributed by atoms with E-state index in [0.717, 1.165) is 11.3 Å². The molecule has 0 atom stereocenters.